The Morgan fingerprint density at radius 2 is 1.63 bits per heavy atom. The lowest BCUT2D eigenvalue weighted by molar-refractivity contribution is -0.112. The number of aromatic carboxylic acids is 1. The third-order valence-corrected chi connectivity index (χ3v) is 5.24. The van der Waals surface area contributed by atoms with E-state index in [-0.39, 0.29) is 11.1 Å². The van der Waals surface area contributed by atoms with Crippen LogP contribution in [0.5, 0.6) is 0 Å². The van der Waals surface area contributed by atoms with E-state index in [4.69, 9.17) is 16.7 Å². The van der Waals surface area contributed by atoms with E-state index >= 15 is 0 Å². The van der Waals surface area contributed by atoms with E-state index in [0.29, 0.717) is 16.3 Å². The number of hydrogen-bond acceptors (Lipinski definition) is 4. The van der Waals surface area contributed by atoms with Crippen molar-refractivity contribution < 1.29 is 14.7 Å². The van der Waals surface area contributed by atoms with Gasteiger partial charge in [-0.1, -0.05) is 41.6 Å². The summed E-state index contributed by atoms with van der Waals surface area (Å²) < 4.78 is 0. The van der Waals surface area contributed by atoms with Gasteiger partial charge < -0.3 is 10.4 Å². The van der Waals surface area contributed by atoms with Crippen molar-refractivity contribution in [2.24, 2.45) is 0 Å². The van der Waals surface area contributed by atoms with Gasteiger partial charge in [0, 0.05) is 20.5 Å². The molecule has 7 heteroatoms. The predicted octanol–water partition coefficient (Wildman–Crippen LogP) is 5.74. The zero-order valence-corrected chi connectivity index (χ0v) is 17.1. The summed E-state index contributed by atoms with van der Waals surface area (Å²) in [6.07, 6.45) is 1.48. The molecule has 0 radical (unpaired) electrons. The van der Waals surface area contributed by atoms with Crippen LogP contribution in [0.15, 0.2) is 88.2 Å². The number of carboxylic acids is 1. The SMILES string of the molecule is N#C/C(=C/c1ccc(Sc2ccc(Cl)cc2)cc1)C(=O)Nc1cccc(C(=O)O)c1. The van der Waals surface area contributed by atoms with E-state index < -0.39 is 11.9 Å². The summed E-state index contributed by atoms with van der Waals surface area (Å²) >= 11 is 7.46. The van der Waals surface area contributed by atoms with Crippen molar-refractivity contribution in [3.05, 3.63) is 94.5 Å². The van der Waals surface area contributed by atoms with Crippen molar-refractivity contribution in [2.45, 2.75) is 9.79 Å². The Kier molecular flexibility index (Phi) is 6.91. The summed E-state index contributed by atoms with van der Waals surface area (Å²) in [6, 6.07) is 22.6. The summed E-state index contributed by atoms with van der Waals surface area (Å²) in [5.74, 6) is -1.71. The molecule has 0 atom stereocenters. The van der Waals surface area contributed by atoms with Crippen molar-refractivity contribution >= 4 is 47.0 Å². The average Bonchev–Trinajstić information content (AvgIpc) is 2.75. The number of carbonyl (C=O) groups excluding carboxylic acids is 1. The summed E-state index contributed by atoms with van der Waals surface area (Å²) in [4.78, 5) is 25.5. The molecule has 0 heterocycles. The van der Waals surface area contributed by atoms with Gasteiger partial charge in [-0.2, -0.15) is 5.26 Å². The average molecular weight is 435 g/mol. The molecule has 0 aromatic heterocycles. The molecule has 0 aliphatic rings. The number of nitriles is 1. The number of carbonyl (C=O) groups is 2. The fourth-order valence-corrected chi connectivity index (χ4v) is 3.46. The lowest BCUT2D eigenvalue weighted by Crippen LogP contribution is -2.13. The summed E-state index contributed by atoms with van der Waals surface area (Å²) in [5.41, 5.74) is 0.954. The largest absolute Gasteiger partial charge is 0.478 e. The second-order valence-corrected chi connectivity index (χ2v) is 7.72. The Hall–Kier alpha value is -3.53. The third-order valence-electron chi connectivity index (χ3n) is 3.97. The molecule has 1 amide bonds. The van der Waals surface area contributed by atoms with Gasteiger partial charge in [0.05, 0.1) is 5.56 Å². The van der Waals surface area contributed by atoms with Crippen LogP contribution in [0.1, 0.15) is 15.9 Å². The Morgan fingerprint density at radius 3 is 2.23 bits per heavy atom. The standard InChI is InChI=1S/C23H15ClN2O3S/c24-18-6-10-21(11-7-18)30-20-8-4-15(5-9-20)12-17(14-25)22(27)26-19-3-1-2-16(13-19)23(28)29/h1-13H,(H,26,27)(H,28,29)/b17-12-. The smallest absolute Gasteiger partial charge is 0.335 e. The fourth-order valence-electron chi connectivity index (χ4n) is 2.51. The third kappa shape index (κ3) is 5.74. The highest BCUT2D eigenvalue weighted by atomic mass is 35.5. The molecule has 0 fully saturated rings. The van der Waals surface area contributed by atoms with Gasteiger partial charge in [0.25, 0.3) is 5.91 Å². The normalized spacial score (nSPS) is 10.9. The first-order chi connectivity index (χ1) is 14.4. The van der Waals surface area contributed by atoms with Crippen molar-refractivity contribution in [3.63, 3.8) is 0 Å². The molecule has 3 aromatic rings. The molecule has 3 rings (SSSR count). The van der Waals surface area contributed by atoms with Crippen LogP contribution in [0.25, 0.3) is 6.08 Å². The van der Waals surface area contributed by atoms with E-state index in [1.54, 1.807) is 17.8 Å². The molecule has 0 bridgehead atoms. The number of amides is 1. The van der Waals surface area contributed by atoms with E-state index in [2.05, 4.69) is 5.32 Å². The molecule has 0 spiro atoms. The van der Waals surface area contributed by atoms with Crippen molar-refractivity contribution in [3.8, 4) is 6.07 Å². The van der Waals surface area contributed by atoms with Gasteiger partial charge in [0.2, 0.25) is 0 Å². The van der Waals surface area contributed by atoms with Gasteiger partial charge in [-0.15, -0.1) is 0 Å². The zero-order chi connectivity index (χ0) is 21.5. The van der Waals surface area contributed by atoms with Gasteiger partial charge in [-0.25, -0.2) is 4.79 Å². The molecule has 2 N–H and O–H groups in total. The Bertz CT molecular complexity index is 1150. The Morgan fingerprint density at radius 1 is 1.00 bits per heavy atom. The maximum atomic E-state index is 12.4. The molecule has 30 heavy (non-hydrogen) atoms. The van der Waals surface area contributed by atoms with Crippen molar-refractivity contribution in [1.82, 2.24) is 0 Å². The quantitative estimate of drug-likeness (QED) is 0.381. The molecule has 0 saturated heterocycles. The summed E-state index contributed by atoms with van der Waals surface area (Å²) in [6.45, 7) is 0. The maximum absolute atomic E-state index is 12.4. The minimum Gasteiger partial charge on any atom is -0.478 e. The van der Waals surface area contributed by atoms with Crippen LogP contribution in [0.3, 0.4) is 0 Å². The second-order valence-electron chi connectivity index (χ2n) is 6.13. The zero-order valence-electron chi connectivity index (χ0n) is 15.5. The number of halogens is 1. The topological polar surface area (TPSA) is 90.2 Å². The van der Waals surface area contributed by atoms with Crippen LogP contribution in [0.2, 0.25) is 5.02 Å². The highest BCUT2D eigenvalue weighted by Gasteiger charge is 2.11. The molecular formula is C23H15ClN2O3S. The molecule has 0 unspecified atom stereocenters. The molecule has 0 saturated carbocycles. The van der Waals surface area contributed by atoms with Crippen LogP contribution in [0.4, 0.5) is 5.69 Å². The lowest BCUT2D eigenvalue weighted by Gasteiger charge is -2.06. The molecule has 3 aromatic carbocycles. The highest BCUT2D eigenvalue weighted by Crippen LogP contribution is 2.29. The van der Waals surface area contributed by atoms with E-state index in [1.165, 1.54) is 24.3 Å². The van der Waals surface area contributed by atoms with E-state index in [0.717, 1.165) is 9.79 Å². The van der Waals surface area contributed by atoms with Gasteiger partial charge in [-0.05, 0) is 66.2 Å². The van der Waals surface area contributed by atoms with Crippen LogP contribution in [-0.4, -0.2) is 17.0 Å². The number of carboxylic acid groups (broad SMARTS) is 1. The second kappa shape index (κ2) is 9.79. The van der Waals surface area contributed by atoms with Gasteiger partial charge in [0.1, 0.15) is 11.6 Å². The maximum Gasteiger partial charge on any atom is 0.335 e. The first-order valence-corrected chi connectivity index (χ1v) is 9.94. The van der Waals surface area contributed by atoms with Gasteiger partial charge in [-0.3, -0.25) is 4.79 Å². The van der Waals surface area contributed by atoms with Crippen LogP contribution >= 0.6 is 23.4 Å². The monoisotopic (exact) mass is 434 g/mol. The first kappa shape index (κ1) is 21.2. The van der Waals surface area contributed by atoms with E-state index in [1.807, 2.05) is 54.6 Å². The molecule has 0 aliphatic carbocycles. The minimum absolute atomic E-state index is 0.0454. The molecule has 148 valence electrons. The molecule has 0 aliphatic heterocycles. The minimum atomic E-state index is -1.10. The van der Waals surface area contributed by atoms with Crippen LogP contribution in [-0.2, 0) is 4.79 Å². The predicted molar refractivity (Wildman–Crippen MR) is 118 cm³/mol. The van der Waals surface area contributed by atoms with Crippen LogP contribution in [0, 0.1) is 11.3 Å². The Labute approximate surface area is 182 Å². The van der Waals surface area contributed by atoms with Crippen molar-refractivity contribution in [2.75, 3.05) is 5.32 Å². The number of nitrogens with zero attached hydrogens (tertiary/aromatic N) is 1. The highest BCUT2D eigenvalue weighted by molar-refractivity contribution is 7.99. The van der Waals surface area contributed by atoms with E-state index in [9.17, 15) is 14.9 Å². The number of hydrogen-bond donors (Lipinski definition) is 2. The first-order valence-electron chi connectivity index (χ1n) is 8.74. The fraction of sp³-hybridized carbons (Fsp3) is 0. The number of rotatable bonds is 6. The number of benzene rings is 3. The molecule has 5 nitrogen and oxygen atoms in total. The summed E-state index contributed by atoms with van der Waals surface area (Å²) in [5, 5.41) is 21.6. The van der Waals surface area contributed by atoms with Gasteiger partial charge in [0.15, 0.2) is 0 Å². The number of anilines is 1. The number of nitrogens with one attached hydrogen (secondary N) is 1. The Balaban J connectivity index is 1.71. The lowest BCUT2D eigenvalue weighted by atomic mass is 10.1. The van der Waals surface area contributed by atoms with Crippen LogP contribution < -0.4 is 5.32 Å². The molecular weight excluding hydrogens is 420 g/mol. The summed E-state index contributed by atoms with van der Waals surface area (Å²) in [7, 11) is 0. The van der Waals surface area contributed by atoms with Gasteiger partial charge >= 0.3 is 5.97 Å². The van der Waals surface area contributed by atoms with Crippen molar-refractivity contribution in [1.29, 1.82) is 5.26 Å².